The van der Waals surface area contributed by atoms with E-state index in [1.807, 2.05) is 12.1 Å². The Morgan fingerprint density at radius 1 is 0.722 bits per heavy atom. The van der Waals surface area contributed by atoms with Crippen LogP contribution in [0.3, 0.4) is 0 Å². The van der Waals surface area contributed by atoms with Crippen molar-refractivity contribution in [2.75, 3.05) is 13.2 Å². The summed E-state index contributed by atoms with van der Waals surface area (Å²) in [6, 6.07) is 17.4. The number of para-hydroxylation sites is 2. The summed E-state index contributed by atoms with van der Waals surface area (Å²) < 4.78 is 0. The molecule has 98 valence electrons. The highest BCUT2D eigenvalue weighted by molar-refractivity contribution is 5.19. The van der Waals surface area contributed by atoms with E-state index in [9.17, 15) is 0 Å². The first-order valence-corrected chi connectivity index (χ1v) is 5.49. The third-order valence-corrected chi connectivity index (χ3v) is 1.64. The van der Waals surface area contributed by atoms with Gasteiger partial charge in [-0.25, -0.2) is 0 Å². The maximum Gasteiger partial charge on any atom is 0.115 e. The first-order valence-electron chi connectivity index (χ1n) is 5.49. The molecule has 2 aromatic carbocycles. The molecule has 0 aromatic heterocycles. The number of nitrogens with two attached hydrogens (primary N) is 1. The van der Waals surface area contributed by atoms with E-state index in [1.165, 1.54) is 0 Å². The standard InChI is InChI=1S/2C6H6O.C2H7NO/c2*7-6-4-2-1-3-5-6;3-1-2-4/h2*1-5,7H;4H,1-3H2. The van der Waals surface area contributed by atoms with Crippen LogP contribution < -0.4 is 5.73 Å². The van der Waals surface area contributed by atoms with E-state index in [2.05, 4.69) is 0 Å². The fraction of sp³-hybridized carbons (Fsp3) is 0.143. The van der Waals surface area contributed by atoms with E-state index in [-0.39, 0.29) is 6.61 Å². The number of hydrogen-bond donors (Lipinski definition) is 4. The summed E-state index contributed by atoms with van der Waals surface area (Å²) >= 11 is 0. The van der Waals surface area contributed by atoms with Gasteiger partial charge in [0.25, 0.3) is 0 Å². The van der Waals surface area contributed by atoms with Gasteiger partial charge < -0.3 is 21.1 Å². The lowest BCUT2D eigenvalue weighted by Gasteiger charge is -1.82. The molecule has 0 radical (unpaired) electrons. The molecular formula is C14H19NO3. The minimum atomic E-state index is 0.0972. The molecule has 2 aromatic rings. The molecule has 0 amide bonds. The quantitative estimate of drug-likeness (QED) is 0.620. The van der Waals surface area contributed by atoms with Gasteiger partial charge >= 0.3 is 0 Å². The molecule has 0 spiro atoms. The van der Waals surface area contributed by atoms with Crippen LogP contribution >= 0.6 is 0 Å². The molecule has 0 atom stereocenters. The van der Waals surface area contributed by atoms with E-state index < -0.39 is 0 Å². The highest BCUT2D eigenvalue weighted by Crippen LogP contribution is 2.03. The van der Waals surface area contributed by atoms with Gasteiger partial charge in [0.2, 0.25) is 0 Å². The topological polar surface area (TPSA) is 86.7 Å². The van der Waals surface area contributed by atoms with E-state index in [0.29, 0.717) is 18.0 Å². The molecule has 0 saturated heterocycles. The molecule has 0 aliphatic heterocycles. The minimum Gasteiger partial charge on any atom is -0.508 e. The molecule has 4 nitrogen and oxygen atoms in total. The number of benzene rings is 2. The second-order valence-corrected chi connectivity index (χ2v) is 3.18. The molecule has 0 heterocycles. The van der Waals surface area contributed by atoms with Crippen LogP contribution in [-0.4, -0.2) is 28.5 Å². The molecule has 0 bridgehead atoms. The van der Waals surface area contributed by atoms with Crippen molar-refractivity contribution in [1.29, 1.82) is 0 Å². The zero-order chi connectivity index (χ0) is 13.6. The van der Waals surface area contributed by atoms with Crippen LogP contribution in [0.25, 0.3) is 0 Å². The summed E-state index contributed by atoms with van der Waals surface area (Å²) in [6.07, 6.45) is 0. The number of aliphatic hydroxyl groups is 1. The summed E-state index contributed by atoms with van der Waals surface area (Å²) in [6.45, 7) is 0.472. The maximum atomic E-state index is 8.63. The third-order valence-electron chi connectivity index (χ3n) is 1.64. The number of rotatable bonds is 1. The fourth-order valence-electron chi connectivity index (χ4n) is 0.856. The molecule has 18 heavy (non-hydrogen) atoms. The number of aliphatic hydroxyl groups excluding tert-OH is 1. The second-order valence-electron chi connectivity index (χ2n) is 3.18. The summed E-state index contributed by atoms with van der Waals surface area (Å²) in [7, 11) is 0. The zero-order valence-electron chi connectivity index (χ0n) is 10.1. The average Bonchev–Trinajstić information content (AvgIpc) is 2.41. The number of phenolic OH excluding ortho intramolecular Hbond substituents is 2. The molecule has 5 N–H and O–H groups in total. The van der Waals surface area contributed by atoms with Crippen molar-refractivity contribution in [3.05, 3.63) is 60.7 Å². The molecule has 2 rings (SSSR count). The Balaban J connectivity index is 0.000000253. The minimum absolute atomic E-state index is 0.0972. The predicted molar refractivity (Wildman–Crippen MR) is 72.4 cm³/mol. The van der Waals surface area contributed by atoms with Crippen LogP contribution in [-0.2, 0) is 0 Å². The van der Waals surface area contributed by atoms with Crippen LogP contribution in [0.5, 0.6) is 11.5 Å². The van der Waals surface area contributed by atoms with Gasteiger partial charge in [0.1, 0.15) is 11.5 Å². The first kappa shape index (κ1) is 16.0. The zero-order valence-corrected chi connectivity index (χ0v) is 10.1. The smallest absolute Gasteiger partial charge is 0.115 e. The van der Waals surface area contributed by atoms with E-state index in [4.69, 9.17) is 21.1 Å². The summed E-state index contributed by atoms with van der Waals surface area (Å²) in [5.41, 5.74) is 4.78. The van der Waals surface area contributed by atoms with Crippen molar-refractivity contribution in [3.8, 4) is 11.5 Å². The van der Waals surface area contributed by atoms with E-state index >= 15 is 0 Å². The third kappa shape index (κ3) is 10.5. The molecule has 0 fully saturated rings. The lowest BCUT2D eigenvalue weighted by Crippen LogP contribution is -2.02. The Morgan fingerprint density at radius 2 is 1.00 bits per heavy atom. The van der Waals surface area contributed by atoms with E-state index in [1.54, 1.807) is 48.5 Å². The Morgan fingerprint density at radius 3 is 1.11 bits per heavy atom. The van der Waals surface area contributed by atoms with Crippen molar-refractivity contribution in [1.82, 2.24) is 0 Å². The van der Waals surface area contributed by atoms with Crippen molar-refractivity contribution in [2.45, 2.75) is 0 Å². The molecule has 0 aliphatic carbocycles. The molecule has 0 unspecified atom stereocenters. The SMILES string of the molecule is NCCO.Oc1ccccc1.Oc1ccccc1. The van der Waals surface area contributed by atoms with Crippen LogP contribution in [0, 0.1) is 0 Å². The van der Waals surface area contributed by atoms with Crippen molar-refractivity contribution in [2.24, 2.45) is 5.73 Å². The van der Waals surface area contributed by atoms with Gasteiger partial charge in [-0.15, -0.1) is 0 Å². The van der Waals surface area contributed by atoms with Gasteiger partial charge in [-0.1, -0.05) is 36.4 Å². The van der Waals surface area contributed by atoms with E-state index in [0.717, 1.165) is 0 Å². The number of hydrogen-bond acceptors (Lipinski definition) is 4. The molecule has 0 saturated carbocycles. The highest BCUT2D eigenvalue weighted by Gasteiger charge is 1.75. The Bertz CT molecular complexity index is 339. The Hall–Kier alpha value is -2.04. The molecular weight excluding hydrogens is 230 g/mol. The Labute approximate surface area is 107 Å². The van der Waals surface area contributed by atoms with Crippen LogP contribution in [0.1, 0.15) is 0 Å². The number of aromatic hydroxyl groups is 2. The van der Waals surface area contributed by atoms with Crippen LogP contribution in [0.2, 0.25) is 0 Å². The lowest BCUT2D eigenvalue weighted by molar-refractivity contribution is 0.306. The highest BCUT2D eigenvalue weighted by atomic mass is 16.3. The average molecular weight is 249 g/mol. The maximum absolute atomic E-state index is 8.63. The fourth-order valence-corrected chi connectivity index (χ4v) is 0.856. The van der Waals surface area contributed by atoms with Gasteiger partial charge in [0.05, 0.1) is 6.61 Å². The monoisotopic (exact) mass is 249 g/mol. The van der Waals surface area contributed by atoms with Gasteiger partial charge in [0.15, 0.2) is 0 Å². The van der Waals surface area contributed by atoms with Crippen molar-refractivity contribution >= 4 is 0 Å². The van der Waals surface area contributed by atoms with Gasteiger partial charge in [-0.3, -0.25) is 0 Å². The second kappa shape index (κ2) is 11.4. The number of phenols is 2. The normalized spacial score (nSPS) is 8.33. The molecule has 0 aliphatic rings. The van der Waals surface area contributed by atoms with Crippen molar-refractivity contribution < 1.29 is 15.3 Å². The van der Waals surface area contributed by atoms with Gasteiger partial charge in [-0.05, 0) is 24.3 Å². The summed E-state index contributed by atoms with van der Waals surface area (Å²) in [5, 5.41) is 25.0. The van der Waals surface area contributed by atoms with Gasteiger partial charge in [-0.2, -0.15) is 0 Å². The summed E-state index contributed by atoms with van der Waals surface area (Å²) in [4.78, 5) is 0. The predicted octanol–water partition coefficient (Wildman–Crippen LogP) is 1.72. The Kier molecular flexibility index (Phi) is 10.1. The van der Waals surface area contributed by atoms with Crippen LogP contribution in [0.4, 0.5) is 0 Å². The molecule has 4 heteroatoms. The van der Waals surface area contributed by atoms with Gasteiger partial charge in [0, 0.05) is 6.54 Å². The lowest BCUT2D eigenvalue weighted by atomic mass is 10.3. The summed E-state index contributed by atoms with van der Waals surface area (Å²) in [5.74, 6) is 0.644. The first-order chi connectivity index (χ1) is 8.70. The van der Waals surface area contributed by atoms with Crippen molar-refractivity contribution in [3.63, 3.8) is 0 Å². The van der Waals surface area contributed by atoms with Crippen LogP contribution in [0.15, 0.2) is 60.7 Å². The largest absolute Gasteiger partial charge is 0.508 e.